The van der Waals surface area contributed by atoms with E-state index in [4.69, 9.17) is 0 Å². The van der Waals surface area contributed by atoms with E-state index in [1.54, 1.807) is 37.3 Å². The van der Waals surface area contributed by atoms with Gasteiger partial charge in [-0.3, -0.25) is 4.79 Å². The minimum absolute atomic E-state index is 0.0546. The highest BCUT2D eigenvalue weighted by Crippen LogP contribution is 2.22. The lowest BCUT2D eigenvalue weighted by Crippen LogP contribution is -2.20. The molecule has 0 bridgehead atoms. The lowest BCUT2D eigenvalue weighted by Gasteiger charge is -2.18. The van der Waals surface area contributed by atoms with Gasteiger partial charge in [0.05, 0.1) is 5.71 Å². The molecule has 0 saturated carbocycles. The van der Waals surface area contributed by atoms with Crippen molar-refractivity contribution in [3.63, 3.8) is 0 Å². The van der Waals surface area contributed by atoms with Crippen molar-refractivity contribution in [3.8, 4) is 5.75 Å². The Kier molecular flexibility index (Phi) is 4.84. The van der Waals surface area contributed by atoms with E-state index in [9.17, 15) is 9.90 Å². The van der Waals surface area contributed by atoms with Crippen molar-refractivity contribution >= 4 is 11.6 Å². The normalized spacial score (nSPS) is 12.1. The summed E-state index contributed by atoms with van der Waals surface area (Å²) in [6.07, 6.45) is 0. The molecule has 4 heteroatoms. The average molecular weight is 310 g/mol. The van der Waals surface area contributed by atoms with Crippen molar-refractivity contribution in [2.45, 2.75) is 33.1 Å². The van der Waals surface area contributed by atoms with E-state index in [1.807, 2.05) is 18.2 Å². The molecule has 1 amide bonds. The molecule has 2 aromatic carbocycles. The van der Waals surface area contributed by atoms with Crippen LogP contribution in [0.25, 0.3) is 0 Å². The first-order valence-electron chi connectivity index (χ1n) is 7.52. The zero-order chi connectivity index (χ0) is 17.0. The van der Waals surface area contributed by atoms with Crippen LogP contribution in [0.3, 0.4) is 0 Å². The number of carbonyl (C=O) groups excluding carboxylic acids is 1. The third-order valence-corrected chi connectivity index (χ3v) is 3.60. The Morgan fingerprint density at radius 3 is 2.26 bits per heavy atom. The van der Waals surface area contributed by atoms with Crippen LogP contribution in [0.15, 0.2) is 53.6 Å². The van der Waals surface area contributed by atoms with Gasteiger partial charge in [-0.25, -0.2) is 5.43 Å². The molecule has 0 aliphatic heterocycles. The van der Waals surface area contributed by atoms with E-state index in [0.29, 0.717) is 11.3 Å². The fourth-order valence-corrected chi connectivity index (χ4v) is 2.12. The second-order valence-corrected chi connectivity index (χ2v) is 6.52. The topological polar surface area (TPSA) is 61.7 Å². The third kappa shape index (κ3) is 4.42. The highest BCUT2D eigenvalue weighted by atomic mass is 16.3. The van der Waals surface area contributed by atoms with Crippen molar-refractivity contribution in [1.82, 2.24) is 5.43 Å². The van der Waals surface area contributed by atoms with Gasteiger partial charge in [0, 0.05) is 11.1 Å². The smallest absolute Gasteiger partial charge is 0.271 e. The van der Waals surface area contributed by atoms with E-state index in [0.717, 1.165) is 5.56 Å². The molecule has 0 aromatic heterocycles. The molecule has 0 radical (unpaired) electrons. The summed E-state index contributed by atoms with van der Waals surface area (Å²) in [7, 11) is 0. The summed E-state index contributed by atoms with van der Waals surface area (Å²) in [5.74, 6) is -0.0916. The van der Waals surface area contributed by atoms with Gasteiger partial charge in [0.15, 0.2) is 0 Å². The van der Waals surface area contributed by atoms with E-state index in [-0.39, 0.29) is 17.1 Å². The molecular formula is C19H22N2O2. The van der Waals surface area contributed by atoms with Crippen LogP contribution >= 0.6 is 0 Å². The lowest BCUT2D eigenvalue weighted by atomic mass is 9.87. The number of phenolic OH excluding ortho intramolecular Hbond substituents is 1. The van der Waals surface area contributed by atoms with Crippen LogP contribution in [0, 0.1) is 0 Å². The van der Waals surface area contributed by atoms with Crippen LogP contribution in [0.1, 0.15) is 49.2 Å². The number of benzene rings is 2. The first-order valence-corrected chi connectivity index (χ1v) is 7.52. The number of nitrogens with one attached hydrogen (secondary N) is 1. The quantitative estimate of drug-likeness (QED) is 0.668. The van der Waals surface area contributed by atoms with Gasteiger partial charge < -0.3 is 5.11 Å². The third-order valence-electron chi connectivity index (χ3n) is 3.60. The maximum absolute atomic E-state index is 12.1. The average Bonchev–Trinajstić information content (AvgIpc) is 2.51. The highest BCUT2D eigenvalue weighted by Gasteiger charge is 2.14. The summed E-state index contributed by atoms with van der Waals surface area (Å²) >= 11 is 0. The number of nitrogens with zero attached hydrogens (tertiary/aromatic N) is 1. The summed E-state index contributed by atoms with van der Waals surface area (Å²) in [6.45, 7) is 8.17. The molecule has 0 atom stereocenters. The number of aromatic hydroxyl groups is 1. The molecule has 0 spiro atoms. The van der Waals surface area contributed by atoms with Crippen LogP contribution in [0.2, 0.25) is 0 Å². The summed E-state index contributed by atoms with van der Waals surface area (Å²) in [4.78, 5) is 12.1. The predicted octanol–water partition coefficient (Wildman–Crippen LogP) is 3.84. The molecule has 0 saturated heterocycles. The Hall–Kier alpha value is -2.62. The van der Waals surface area contributed by atoms with Crippen LogP contribution in [-0.4, -0.2) is 16.7 Å². The molecule has 0 unspecified atom stereocenters. The number of amides is 1. The summed E-state index contributed by atoms with van der Waals surface area (Å²) in [6, 6.07) is 14.3. The molecule has 23 heavy (non-hydrogen) atoms. The molecule has 2 rings (SSSR count). The van der Waals surface area contributed by atoms with Crippen molar-refractivity contribution in [2.75, 3.05) is 0 Å². The zero-order valence-electron chi connectivity index (χ0n) is 13.9. The van der Waals surface area contributed by atoms with Gasteiger partial charge in [-0.2, -0.15) is 5.10 Å². The largest absolute Gasteiger partial charge is 0.508 e. The van der Waals surface area contributed by atoms with Crippen LogP contribution in [0.4, 0.5) is 0 Å². The molecule has 0 aliphatic rings. The Labute approximate surface area is 136 Å². The van der Waals surface area contributed by atoms with E-state index in [1.165, 1.54) is 5.56 Å². The number of phenols is 1. The van der Waals surface area contributed by atoms with E-state index >= 15 is 0 Å². The van der Waals surface area contributed by atoms with Crippen LogP contribution in [0.5, 0.6) is 5.75 Å². The first kappa shape index (κ1) is 16.7. The molecule has 4 nitrogen and oxygen atoms in total. The van der Waals surface area contributed by atoms with E-state index in [2.05, 4.69) is 31.3 Å². The maximum Gasteiger partial charge on any atom is 0.271 e. The summed E-state index contributed by atoms with van der Waals surface area (Å²) < 4.78 is 0. The lowest BCUT2D eigenvalue weighted by molar-refractivity contribution is 0.0955. The van der Waals surface area contributed by atoms with Gasteiger partial charge in [0.2, 0.25) is 0 Å². The van der Waals surface area contributed by atoms with Gasteiger partial charge in [0.25, 0.3) is 5.91 Å². The zero-order valence-corrected chi connectivity index (χ0v) is 13.9. The standard InChI is InChI=1S/C19H22N2O2/c1-13(15-6-5-7-17(22)12-15)20-21-18(23)14-8-10-16(11-9-14)19(2,3)4/h5-12,22H,1-4H3,(H,21,23)/b20-13+. The van der Waals surface area contributed by atoms with Crippen LogP contribution < -0.4 is 5.43 Å². The highest BCUT2D eigenvalue weighted by molar-refractivity contribution is 6.01. The molecule has 2 N–H and O–H groups in total. The fourth-order valence-electron chi connectivity index (χ4n) is 2.12. The SMILES string of the molecule is C/C(=N\NC(=O)c1ccc(C(C)(C)C)cc1)c1cccc(O)c1. The number of rotatable bonds is 3. The minimum atomic E-state index is -0.259. The van der Waals surface area contributed by atoms with E-state index < -0.39 is 0 Å². The number of hydrogen-bond donors (Lipinski definition) is 2. The molecule has 120 valence electrons. The predicted molar refractivity (Wildman–Crippen MR) is 92.9 cm³/mol. The van der Waals surface area contributed by atoms with Gasteiger partial charge in [-0.05, 0) is 42.2 Å². The fraction of sp³-hybridized carbons (Fsp3) is 0.263. The van der Waals surface area contributed by atoms with Crippen molar-refractivity contribution in [3.05, 3.63) is 65.2 Å². The minimum Gasteiger partial charge on any atom is -0.508 e. The van der Waals surface area contributed by atoms with Crippen molar-refractivity contribution in [2.24, 2.45) is 5.10 Å². The number of carbonyl (C=O) groups is 1. The summed E-state index contributed by atoms with van der Waals surface area (Å²) in [5.41, 5.74) is 5.72. The Balaban J connectivity index is 2.08. The van der Waals surface area contributed by atoms with Gasteiger partial charge in [0.1, 0.15) is 5.75 Å². The second-order valence-electron chi connectivity index (χ2n) is 6.52. The molecule has 0 fully saturated rings. The van der Waals surface area contributed by atoms with Crippen molar-refractivity contribution < 1.29 is 9.90 Å². The Morgan fingerprint density at radius 2 is 1.70 bits per heavy atom. The Morgan fingerprint density at radius 1 is 1.04 bits per heavy atom. The van der Waals surface area contributed by atoms with Gasteiger partial charge in [-0.15, -0.1) is 0 Å². The molecule has 2 aromatic rings. The summed E-state index contributed by atoms with van der Waals surface area (Å²) in [5, 5.41) is 13.6. The van der Waals surface area contributed by atoms with Gasteiger partial charge >= 0.3 is 0 Å². The first-order chi connectivity index (χ1) is 10.8. The second kappa shape index (κ2) is 6.65. The molecule has 0 aliphatic carbocycles. The number of hydrazone groups is 1. The Bertz CT molecular complexity index is 726. The van der Waals surface area contributed by atoms with Gasteiger partial charge in [-0.1, -0.05) is 45.0 Å². The number of hydrogen-bond acceptors (Lipinski definition) is 3. The monoisotopic (exact) mass is 310 g/mol. The van der Waals surface area contributed by atoms with Crippen molar-refractivity contribution in [1.29, 1.82) is 0 Å². The maximum atomic E-state index is 12.1. The van der Waals surface area contributed by atoms with Crippen LogP contribution in [-0.2, 0) is 5.41 Å². The molecular weight excluding hydrogens is 288 g/mol. The molecule has 0 heterocycles.